The highest BCUT2D eigenvalue weighted by atomic mass is 35.5. The third kappa shape index (κ3) is 5.49. The van der Waals surface area contributed by atoms with Gasteiger partial charge in [-0.05, 0) is 49.4 Å². The number of aromatic nitrogens is 1. The normalized spacial score (nSPS) is 22.3. The fraction of sp³-hybridized carbons (Fsp3) is 0.429. The summed E-state index contributed by atoms with van der Waals surface area (Å²) in [6.45, 7) is 0. The number of benzene rings is 1. The lowest BCUT2D eigenvalue weighted by Crippen LogP contribution is -2.49. The molecule has 2 aromatic rings. The van der Waals surface area contributed by atoms with Gasteiger partial charge in [0.15, 0.2) is 14.9 Å². The number of pyridine rings is 1. The summed E-state index contributed by atoms with van der Waals surface area (Å²) in [7, 11) is -4.39. The quantitative estimate of drug-likeness (QED) is 0.563. The van der Waals surface area contributed by atoms with Gasteiger partial charge in [-0.1, -0.05) is 23.7 Å². The Hall–Kier alpha value is -2.31. The minimum atomic E-state index is -4.97. The second-order valence-corrected chi connectivity index (χ2v) is 10.5. The summed E-state index contributed by atoms with van der Waals surface area (Å²) < 4.78 is 91.3. The molecule has 0 spiro atoms. The van der Waals surface area contributed by atoms with Crippen LogP contribution in [0.3, 0.4) is 0 Å². The Balaban J connectivity index is 2.09. The highest BCUT2D eigenvalue weighted by molar-refractivity contribution is 7.90. The van der Waals surface area contributed by atoms with Gasteiger partial charge < -0.3 is 10.4 Å². The Labute approximate surface area is 197 Å². The lowest BCUT2D eigenvalue weighted by atomic mass is 9.76. The summed E-state index contributed by atoms with van der Waals surface area (Å²) in [4.78, 5) is 16.2. The van der Waals surface area contributed by atoms with E-state index in [1.807, 2.05) is 0 Å². The highest BCUT2D eigenvalue weighted by Crippen LogP contribution is 2.42. The molecule has 1 unspecified atom stereocenters. The first-order chi connectivity index (χ1) is 15.6. The van der Waals surface area contributed by atoms with E-state index >= 15 is 0 Å². The van der Waals surface area contributed by atoms with Crippen molar-refractivity contribution < 1.29 is 40.3 Å². The van der Waals surface area contributed by atoms with Crippen LogP contribution in [0.2, 0.25) is 5.02 Å². The number of alkyl halides is 4. The molecule has 34 heavy (non-hydrogen) atoms. The Morgan fingerprint density at radius 3 is 2.41 bits per heavy atom. The first-order valence-electron chi connectivity index (χ1n) is 10.0. The molecule has 1 atom stereocenters. The summed E-state index contributed by atoms with van der Waals surface area (Å²) in [5.74, 6) is -2.06. The summed E-state index contributed by atoms with van der Waals surface area (Å²) in [5.41, 5.74) is -4.08. The third-order valence-electron chi connectivity index (χ3n) is 5.63. The van der Waals surface area contributed by atoms with Crippen molar-refractivity contribution in [3.8, 4) is 0 Å². The Kier molecular flexibility index (Phi) is 7.26. The fourth-order valence-electron chi connectivity index (χ4n) is 3.88. The topological polar surface area (TPSA) is 96.4 Å². The van der Waals surface area contributed by atoms with Crippen molar-refractivity contribution in [3.05, 3.63) is 58.0 Å². The molecule has 1 heterocycles. The fourth-order valence-corrected chi connectivity index (χ4v) is 4.94. The van der Waals surface area contributed by atoms with E-state index in [1.54, 1.807) is 0 Å². The number of hydrogen-bond donors (Lipinski definition) is 2. The molecule has 1 aromatic carbocycles. The number of sulfone groups is 1. The molecule has 1 aliphatic carbocycles. The molecule has 13 heteroatoms. The molecule has 1 saturated carbocycles. The molecule has 3 rings (SSSR count). The molecule has 1 aromatic heterocycles. The first-order valence-corrected chi connectivity index (χ1v) is 12.3. The van der Waals surface area contributed by atoms with Crippen molar-refractivity contribution in [2.24, 2.45) is 0 Å². The number of rotatable bonds is 5. The molecular formula is C21H20ClF5N2O4S. The predicted molar refractivity (Wildman–Crippen MR) is 112 cm³/mol. The number of amides is 1. The molecule has 6 nitrogen and oxygen atoms in total. The minimum absolute atomic E-state index is 0.0596. The monoisotopic (exact) mass is 526 g/mol. The van der Waals surface area contributed by atoms with Crippen LogP contribution in [0, 0.1) is 5.82 Å². The molecule has 0 aliphatic heterocycles. The van der Waals surface area contributed by atoms with Gasteiger partial charge in [0.25, 0.3) is 5.91 Å². The zero-order chi connectivity index (χ0) is 25.5. The second kappa shape index (κ2) is 9.38. The number of carbonyl (C=O) groups is 1. The second-order valence-electron chi connectivity index (χ2n) is 8.15. The van der Waals surface area contributed by atoms with E-state index in [0.29, 0.717) is 18.4 Å². The van der Waals surface area contributed by atoms with E-state index in [2.05, 4.69) is 10.3 Å². The van der Waals surface area contributed by atoms with E-state index < -0.39 is 66.9 Å². The van der Waals surface area contributed by atoms with E-state index in [0.717, 1.165) is 6.07 Å². The third-order valence-corrected chi connectivity index (χ3v) is 7.05. The molecule has 1 fully saturated rings. The number of hydrogen-bond acceptors (Lipinski definition) is 5. The molecule has 1 amide bonds. The van der Waals surface area contributed by atoms with Crippen LogP contribution in [0.15, 0.2) is 35.4 Å². The maximum Gasteiger partial charge on any atom is 0.433 e. The van der Waals surface area contributed by atoms with Crippen LogP contribution in [-0.4, -0.2) is 42.4 Å². The van der Waals surface area contributed by atoms with Crippen molar-refractivity contribution in [1.29, 1.82) is 0 Å². The van der Waals surface area contributed by atoms with Gasteiger partial charge in [-0.3, -0.25) is 4.79 Å². The van der Waals surface area contributed by atoms with Crippen LogP contribution in [0.4, 0.5) is 22.0 Å². The standard InChI is InChI=1S/C21H20ClF5N2O4S/c1-34(32,33)19-13(5-6-15(28-19)21(25,26)27)18(30)29-17(12-3-2-4-14(24)16(12)22)20(31)9-7-11(23)8-10-20/h2-6,11,17,31H,7-10H2,1H3,(H,29,30)/t11-,17?,20+. The number of nitrogens with zero attached hydrogens (tertiary/aromatic N) is 1. The maximum atomic E-state index is 14.1. The minimum Gasteiger partial charge on any atom is -0.387 e. The van der Waals surface area contributed by atoms with E-state index in [9.17, 15) is 40.3 Å². The Morgan fingerprint density at radius 1 is 1.24 bits per heavy atom. The highest BCUT2D eigenvalue weighted by Gasteiger charge is 2.44. The lowest BCUT2D eigenvalue weighted by Gasteiger charge is -2.41. The van der Waals surface area contributed by atoms with E-state index in [-0.39, 0.29) is 31.2 Å². The SMILES string of the molecule is CS(=O)(=O)c1nc(C(F)(F)F)ccc1C(=O)NC(c1cccc(F)c1Cl)[C@]1(O)CC[C@@H](F)CC1. The average molecular weight is 527 g/mol. The molecule has 0 saturated heterocycles. The van der Waals surface area contributed by atoms with Crippen LogP contribution in [0.5, 0.6) is 0 Å². The van der Waals surface area contributed by atoms with Gasteiger partial charge in [-0.2, -0.15) is 13.2 Å². The van der Waals surface area contributed by atoms with Crippen molar-refractivity contribution in [2.45, 2.75) is 54.7 Å². The van der Waals surface area contributed by atoms with Gasteiger partial charge in [0.1, 0.15) is 17.7 Å². The zero-order valence-corrected chi connectivity index (χ0v) is 19.2. The Morgan fingerprint density at radius 2 is 1.85 bits per heavy atom. The van der Waals surface area contributed by atoms with Crippen molar-refractivity contribution in [2.75, 3.05) is 6.26 Å². The number of nitrogens with one attached hydrogen (secondary N) is 1. The van der Waals surface area contributed by atoms with Gasteiger partial charge in [0, 0.05) is 6.26 Å². The van der Waals surface area contributed by atoms with Crippen molar-refractivity contribution in [1.82, 2.24) is 10.3 Å². The summed E-state index contributed by atoms with van der Waals surface area (Å²) >= 11 is 6.06. The molecule has 0 bridgehead atoms. The van der Waals surface area contributed by atoms with Crippen LogP contribution >= 0.6 is 11.6 Å². The van der Waals surface area contributed by atoms with Gasteiger partial charge in [0.05, 0.1) is 22.2 Å². The largest absolute Gasteiger partial charge is 0.433 e. The summed E-state index contributed by atoms with van der Waals surface area (Å²) in [6.07, 6.45) is -5.99. The predicted octanol–water partition coefficient (Wildman–Crippen LogP) is 4.41. The summed E-state index contributed by atoms with van der Waals surface area (Å²) in [5, 5.41) is 12.1. The first kappa shape index (κ1) is 26.3. The maximum absolute atomic E-state index is 14.1. The zero-order valence-electron chi connectivity index (χ0n) is 17.7. The van der Waals surface area contributed by atoms with Crippen molar-refractivity contribution in [3.63, 3.8) is 0 Å². The summed E-state index contributed by atoms with van der Waals surface area (Å²) in [6, 6.07) is 3.28. The van der Waals surface area contributed by atoms with Gasteiger partial charge in [-0.25, -0.2) is 22.2 Å². The number of aliphatic hydroxyl groups is 1. The molecule has 2 N–H and O–H groups in total. The van der Waals surface area contributed by atoms with Crippen LogP contribution < -0.4 is 5.32 Å². The van der Waals surface area contributed by atoms with Crippen LogP contribution in [-0.2, 0) is 16.0 Å². The van der Waals surface area contributed by atoms with Gasteiger partial charge in [0.2, 0.25) is 0 Å². The van der Waals surface area contributed by atoms with E-state index in [1.165, 1.54) is 12.1 Å². The molecule has 186 valence electrons. The van der Waals surface area contributed by atoms with E-state index in [4.69, 9.17) is 11.6 Å². The van der Waals surface area contributed by atoms with Crippen LogP contribution in [0.25, 0.3) is 0 Å². The average Bonchev–Trinajstić information content (AvgIpc) is 2.74. The lowest BCUT2D eigenvalue weighted by molar-refractivity contribution is -0.141. The molecular weight excluding hydrogens is 507 g/mol. The Bertz CT molecular complexity index is 1200. The van der Waals surface area contributed by atoms with Crippen LogP contribution in [0.1, 0.15) is 53.3 Å². The number of carbonyl (C=O) groups excluding carboxylic acids is 1. The number of halogens is 6. The van der Waals surface area contributed by atoms with Gasteiger partial charge in [-0.15, -0.1) is 0 Å². The smallest absolute Gasteiger partial charge is 0.387 e. The van der Waals surface area contributed by atoms with Gasteiger partial charge >= 0.3 is 6.18 Å². The molecule has 1 aliphatic rings. The van der Waals surface area contributed by atoms with Crippen molar-refractivity contribution >= 4 is 27.3 Å². The molecule has 0 radical (unpaired) electrons.